The maximum atomic E-state index is 11.5. The molecule has 0 spiro atoms. The van der Waals surface area contributed by atoms with Gasteiger partial charge in [-0.3, -0.25) is 0 Å². The first-order valence-electron chi connectivity index (χ1n) is 5.49. The van der Waals surface area contributed by atoms with Crippen LogP contribution in [0.2, 0.25) is 0 Å². The number of hydrogen-bond acceptors (Lipinski definition) is 2. The van der Waals surface area contributed by atoms with Gasteiger partial charge in [0.05, 0.1) is 0 Å². The molecule has 18 heavy (non-hydrogen) atoms. The zero-order valence-corrected chi connectivity index (χ0v) is 10.9. The fourth-order valence-corrected chi connectivity index (χ4v) is 4.77. The van der Waals surface area contributed by atoms with E-state index in [4.69, 9.17) is 0 Å². The first-order chi connectivity index (χ1) is 8.75. The van der Waals surface area contributed by atoms with Crippen LogP contribution in [0.5, 0.6) is 5.75 Å². The van der Waals surface area contributed by atoms with Crippen molar-refractivity contribution in [2.75, 3.05) is 0 Å². The topological polar surface area (TPSA) is 68.9 Å². The summed E-state index contributed by atoms with van der Waals surface area (Å²) in [7, 11) is 0. The molecule has 0 bridgehead atoms. The second kappa shape index (κ2) is 3.28. The zero-order chi connectivity index (χ0) is 12.3. The Hall–Kier alpha value is -1.97. The molecule has 0 amide bonds. The molecule has 0 aliphatic carbocycles. The van der Waals surface area contributed by atoms with Gasteiger partial charge in [-0.25, -0.2) is 0 Å². The molecule has 4 nitrogen and oxygen atoms in total. The maximum absolute atomic E-state index is 11.5. The van der Waals surface area contributed by atoms with Gasteiger partial charge in [-0.1, -0.05) is 0 Å². The second-order valence-electron chi connectivity index (χ2n) is 4.19. The van der Waals surface area contributed by atoms with Crippen LogP contribution >= 0.6 is 0 Å². The molecule has 2 aromatic heterocycles. The molecule has 0 atom stereocenters. The molecule has 0 aliphatic rings. The number of aromatic hydroxyl groups is 1. The first kappa shape index (κ1) is 10.00. The summed E-state index contributed by atoms with van der Waals surface area (Å²) in [5, 5.41) is 18.3. The van der Waals surface area contributed by atoms with Gasteiger partial charge < -0.3 is 0 Å². The average Bonchev–Trinajstić information content (AvgIpc) is 2.81. The van der Waals surface area contributed by atoms with E-state index in [1.165, 1.54) is 15.7 Å². The van der Waals surface area contributed by atoms with Gasteiger partial charge in [0.1, 0.15) is 0 Å². The summed E-state index contributed by atoms with van der Waals surface area (Å²) in [5.74, 6) is -0.107. The number of nitrogens with one attached hydrogen (secondary N) is 2. The van der Waals surface area contributed by atoms with E-state index < -0.39 is 0 Å². The monoisotopic (exact) mass is 304 g/mol. The van der Waals surface area contributed by atoms with Gasteiger partial charge in [0.15, 0.2) is 0 Å². The van der Waals surface area contributed by atoms with Crippen molar-refractivity contribution in [3.8, 4) is 5.75 Å². The molecule has 5 heteroatoms. The minimum absolute atomic E-state index is 0.0393. The quantitative estimate of drug-likeness (QED) is 0.343. The Kier molecular flexibility index (Phi) is 1.82. The number of rotatable bonds is 0. The molecule has 88 valence electrons. The fourth-order valence-electron chi connectivity index (χ4n) is 2.34. The summed E-state index contributed by atoms with van der Waals surface area (Å²) >= 11 is -0.0393. The van der Waals surface area contributed by atoms with E-state index in [1.807, 2.05) is 18.2 Å². The summed E-state index contributed by atoms with van der Waals surface area (Å²) in [6.07, 6.45) is 0. The summed E-state index contributed by atoms with van der Waals surface area (Å²) in [6, 6.07) is 9.25. The molecular weight excluding hydrogens is 295 g/mol. The summed E-state index contributed by atoms with van der Waals surface area (Å²) < 4.78 is 1.95. The average molecular weight is 303 g/mol. The molecule has 4 rings (SSSR count). The molecular formula is C13H8N2O2Se. The van der Waals surface area contributed by atoms with E-state index in [2.05, 4.69) is 10.2 Å². The van der Waals surface area contributed by atoms with E-state index in [1.54, 1.807) is 6.07 Å². The van der Waals surface area contributed by atoms with Crippen LogP contribution in [0.25, 0.3) is 30.3 Å². The van der Waals surface area contributed by atoms with Crippen molar-refractivity contribution in [3.05, 3.63) is 40.6 Å². The number of hydrogen-bond donors (Lipinski definition) is 3. The Morgan fingerprint density at radius 2 is 2.00 bits per heavy atom. The minimum atomic E-state index is -0.304. The number of H-pyrrole nitrogens is 2. The van der Waals surface area contributed by atoms with Crippen molar-refractivity contribution in [1.29, 1.82) is 0 Å². The van der Waals surface area contributed by atoms with Crippen LogP contribution in [0.4, 0.5) is 0 Å². The SMILES string of the molecule is O=c1ccc2c([se]c3cccc4[nH][nH]c2c43)c1O. The van der Waals surface area contributed by atoms with E-state index in [0.717, 1.165) is 20.7 Å². The van der Waals surface area contributed by atoms with Crippen LogP contribution in [0.15, 0.2) is 35.1 Å². The summed E-state index contributed by atoms with van der Waals surface area (Å²) in [4.78, 5) is 11.5. The number of benzene rings is 2. The van der Waals surface area contributed by atoms with Gasteiger partial charge in [-0.15, -0.1) is 0 Å². The normalized spacial score (nSPS) is 11.8. The van der Waals surface area contributed by atoms with E-state index >= 15 is 0 Å². The molecule has 0 saturated heterocycles. The number of phenolic OH excluding ortho intramolecular Hbond substituents is 1. The van der Waals surface area contributed by atoms with Gasteiger partial charge >= 0.3 is 106 Å². The molecule has 0 unspecified atom stereocenters. The van der Waals surface area contributed by atoms with Crippen LogP contribution in [0, 0.1) is 0 Å². The van der Waals surface area contributed by atoms with Crippen LogP contribution < -0.4 is 5.43 Å². The van der Waals surface area contributed by atoms with Gasteiger partial charge in [0.2, 0.25) is 0 Å². The van der Waals surface area contributed by atoms with Crippen molar-refractivity contribution in [1.82, 2.24) is 10.2 Å². The second-order valence-corrected chi connectivity index (χ2v) is 6.40. The predicted octanol–water partition coefficient (Wildman–Crippen LogP) is 1.93. The van der Waals surface area contributed by atoms with E-state index in [0.29, 0.717) is 0 Å². The molecule has 0 aliphatic heterocycles. The van der Waals surface area contributed by atoms with Crippen molar-refractivity contribution in [3.63, 3.8) is 0 Å². The summed E-state index contributed by atoms with van der Waals surface area (Å²) in [6.45, 7) is 0. The molecule has 0 fully saturated rings. The van der Waals surface area contributed by atoms with E-state index in [9.17, 15) is 9.90 Å². The molecule has 2 aromatic carbocycles. The van der Waals surface area contributed by atoms with Gasteiger partial charge in [0.25, 0.3) is 0 Å². The number of aromatic amines is 2. The van der Waals surface area contributed by atoms with Crippen LogP contribution in [0.3, 0.4) is 0 Å². The molecule has 4 aromatic rings. The Morgan fingerprint density at radius 1 is 1.11 bits per heavy atom. The first-order valence-corrected chi connectivity index (χ1v) is 7.20. The van der Waals surface area contributed by atoms with Crippen LogP contribution in [-0.4, -0.2) is 29.8 Å². The zero-order valence-electron chi connectivity index (χ0n) is 9.15. The molecule has 3 N–H and O–H groups in total. The molecule has 0 radical (unpaired) electrons. The van der Waals surface area contributed by atoms with E-state index in [-0.39, 0.29) is 25.7 Å². The van der Waals surface area contributed by atoms with Crippen LogP contribution in [0.1, 0.15) is 0 Å². The Morgan fingerprint density at radius 3 is 2.89 bits per heavy atom. The number of fused-ring (bicyclic) bond motifs is 2. The third kappa shape index (κ3) is 1.12. The standard InChI is InChI=1S/C13H8N2O2Se/c16-8-5-4-6-11-10-7(14-15-11)2-1-3-9(10)18-13(6)12(8)17/h1-5,14-15,17H. The van der Waals surface area contributed by atoms with Crippen LogP contribution in [-0.2, 0) is 0 Å². The molecule has 0 saturated carbocycles. The van der Waals surface area contributed by atoms with Crippen molar-refractivity contribution in [2.24, 2.45) is 0 Å². The van der Waals surface area contributed by atoms with Gasteiger partial charge in [0, 0.05) is 0 Å². The summed E-state index contributed by atoms with van der Waals surface area (Å²) in [5.41, 5.74) is 1.71. The Labute approximate surface area is 107 Å². The predicted molar refractivity (Wildman–Crippen MR) is 72.5 cm³/mol. The molecule has 2 heterocycles. The third-order valence-corrected chi connectivity index (χ3v) is 5.64. The third-order valence-electron chi connectivity index (χ3n) is 3.17. The van der Waals surface area contributed by atoms with Gasteiger partial charge in [-0.05, 0) is 0 Å². The van der Waals surface area contributed by atoms with Crippen molar-refractivity contribution < 1.29 is 5.11 Å². The number of aromatic nitrogens is 2. The Balaban J connectivity index is 2.43. The fraction of sp³-hybridized carbons (Fsp3) is 0. The van der Waals surface area contributed by atoms with Crippen molar-refractivity contribution >= 4 is 44.8 Å². The number of phenols is 1. The Bertz CT molecular complexity index is 962. The van der Waals surface area contributed by atoms with Crippen molar-refractivity contribution in [2.45, 2.75) is 0 Å². The van der Waals surface area contributed by atoms with Gasteiger partial charge in [-0.2, -0.15) is 0 Å².